The maximum Gasteiger partial charge on any atom is 0.191 e. The molecule has 1 fully saturated rings. The molecule has 2 rings (SSSR count). The summed E-state index contributed by atoms with van der Waals surface area (Å²) in [4.78, 5) is 4.62. The fraction of sp³-hybridized carbons (Fsp3) is 0.722. The van der Waals surface area contributed by atoms with Crippen LogP contribution in [0.25, 0.3) is 0 Å². The highest BCUT2D eigenvalue weighted by Crippen LogP contribution is 2.20. The SMILES string of the molecule is CCNC(=NCc1ccn(C)c1)NCCCOC1CCCCC1.I. The van der Waals surface area contributed by atoms with Crippen molar-refractivity contribution in [3.05, 3.63) is 24.0 Å². The third-order valence-electron chi connectivity index (χ3n) is 4.18. The van der Waals surface area contributed by atoms with E-state index < -0.39 is 0 Å². The van der Waals surface area contributed by atoms with Crippen LogP contribution in [-0.4, -0.2) is 36.3 Å². The van der Waals surface area contributed by atoms with Crippen LogP contribution in [0.4, 0.5) is 0 Å². The quantitative estimate of drug-likeness (QED) is 0.277. The number of aliphatic imine (C=N–C) groups is 1. The van der Waals surface area contributed by atoms with Crippen LogP contribution in [0.3, 0.4) is 0 Å². The van der Waals surface area contributed by atoms with E-state index in [1.165, 1.54) is 37.7 Å². The van der Waals surface area contributed by atoms with Crippen molar-refractivity contribution in [2.45, 2.75) is 58.1 Å². The molecular formula is C18H33IN4O. The van der Waals surface area contributed by atoms with Crippen molar-refractivity contribution in [1.82, 2.24) is 15.2 Å². The third kappa shape index (κ3) is 8.37. The lowest BCUT2D eigenvalue weighted by Gasteiger charge is -2.22. The molecular weight excluding hydrogens is 415 g/mol. The van der Waals surface area contributed by atoms with Crippen molar-refractivity contribution in [3.63, 3.8) is 0 Å². The second-order valence-electron chi connectivity index (χ2n) is 6.29. The Morgan fingerprint density at radius 3 is 2.75 bits per heavy atom. The zero-order chi connectivity index (χ0) is 16.3. The van der Waals surface area contributed by atoms with Gasteiger partial charge < -0.3 is 19.9 Å². The highest BCUT2D eigenvalue weighted by atomic mass is 127. The maximum atomic E-state index is 5.95. The highest BCUT2D eigenvalue weighted by Gasteiger charge is 2.12. The molecule has 0 spiro atoms. The van der Waals surface area contributed by atoms with Crippen LogP contribution in [-0.2, 0) is 18.3 Å². The number of nitrogens with one attached hydrogen (secondary N) is 2. The summed E-state index contributed by atoms with van der Waals surface area (Å²) < 4.78 is 8.00. The first-order valence-corrected chi connectivity index (χ1v) is 9.02. The van der Waals surface area contributed by atoms with E-state index in [0.29, 0.717) is 12.6 Å². The molecule has 1 aromatic heterocycles. The Morgan fingerprint density at radius 2 is 2.08 bits per heavy atom. The van der Waals surface area contributed by atoms with E-state index in [2.05, 4.69) is 34.8 Å². The number of hydrogen-bond donors (Lipinski definition) is 2. The minimum atomic E-state index is 0. The van der Waals surface area contributed by atoms with Gasteiger partial charge in [-0.2, -0.15) is 0 Å². The number of ether oxygens (including phenoxy) is 1. The summed E-state index contributed by atoms with van der Waals surface area (Å²) >= 11 is 0. The van der Waals surface area contributed by atoms with Gasteiger partial charge in [-0.05, 0) is 37.8 Å². The number of nitrogens with zero attached hydrogens (tertiary/aromatic N) is 2. The Balaban J connectivity index is 0.00000288. The van der Waals surface area contributed by atoms with Crippen LogP contribution in [0, 0.1) is 0 Å². The van der Waals surface area contributed by atoms with Gasteiger partial charge in [-0.25, -0.2) is 4.99 Å². The van der Waals surface area contributed by atoms with Crippen LogP contribution < -0.4 is 10.6 Å². The molecule has 0 aromatic carbocycles. The molecule has 1 aliphatic carbocycles. The topological polar surface area (TPSA) is 50.6 Å². The lowest BCUT2D eigenvalue weighted by atomic mass is 9.98. The lowest BCUT2D eigenvalue weighted by molar-refractivity contribution is 0.0277. The van der Waals surface area contributed by atoms with Crippen LogP contribution >= 0.6 is 24.0 Å². The number of guanidine groups is 1. The highest BCUT2D eigenvalue weighted by molar-refractivity contribution is 14.0. The molecule has 1 saturated carbocycles. The maximum absolute atomic E-state index is 5.95. The first-order valence-electron chi connectivity index (χ1n) is 9.02. The zero-order valence-electron chi connectivity index (χ0n) is 15.1. The van der Waals surface area contributed by atoms with E-state index >= 15 is 0 Å². The van der Waals surface area contributed by atoms with Gasteiger partial charge in [-0.1, -0.05) is 19.3 Å². The fourth-order valence-electron chi connectivity index (χ4n) is 2.93. The minimum absolute atomic E-state index is 0. The molecule has 1 aliphatic rings. The van der Waals surface area contributed by atoms with E-state index in [0.717, 1.165) is 32.1 Å². The fourth-order valence-corrected chi connectivity index (χ4v) is 2.93. The minimum Gasteiger partial charge on any atom is -0.378 e. The average molecular weight is 448 g/mol. The average Bonchev–Trinajstić information content (AvgIpc) is 2.98. The van der Waals surface area contributed by atoms with Gasteiger partial charge in [0.15, 0.2) is 5.96 Å². The van der Waals surface area contributed by atoms with Crippen molar-refractivity contribution in [2.24, 2.45) is 12.0 Å². The number of aromatic nitrogens is 1. The Hall–Kier alpha value is -0.760. The largest absolute Gasteiger partial charge is 0.378 e. The standard InChI is InChI=1S/C18H32N4O.HI/c1-3-19-18(21-14-16-10-12-22(2)15-16)20-11-7-13-23-17-8-5-4-6-9-17;/h10,12,15,17H,3-9,11,13-14H2,1-2H3,(H2,19,20,21);1H. The number of rotatable bonds is 8. The number of hydrogen-bond acceptors (Lipinski definition) is 2. The molecule has 2 N–H and O–H groups in total. The van der Waals surface area contributed by atoms with Crippen LogP contribution in [0.5, 0.6) is 0 Å². The van der Waals surface area contributed by atoms with Gasteiger partial charge in [0, 0.05) is 39.1 Å². The van der Waals surface area contributed by atoms with Gasteiger partial charge in [0.1, 0.15) is 0 Å². The summed E-state index contributed by atoms with van der Waals surface area (Å²) in [6, 6.07) is 2.10. The second-order valence-corrected chi connectivity index (χ2v) is 6.29. The van der Waals surface area contributed by atoms with Gasteiger partial charge in [0.25, 0.3) is 0 Å². The summed E-state index contributed by atoms with van der Waals surface area (Å²) in [5.74, 6) is 0.883. The van der Waals surface area contributed by atoms with Crippen LogP contribution in [0.1, 0.15) is 51.0 Å². The van der Waals surface area contributed by atoms with E-state index in [-0.39, 0.29) is 24.0 Å². The molecule has 24 heavy (non-hydrogen) atoms. The Bertz CT molecular complexity index is 469. The monoisotopic (exact) mass is 448 g/mol. The summed E-state index contributed by atoms with van der Waals surface area (Å²) in [6.45, 7) is 5.41. The molecule has 0 bridgehead atoms. The molecule has 5 nitrogen and oxygen atoms in total. The van der Waals surface area contributed by atoms with E-state index in [4.69, 9.17) is 4.74 Å². The third-order valence-corrected chi connectivity index (χ3v) is 4.18. The van der Waals surface area contributed by atoms with Gasteiger partial charge in [0.05, 0.1) is 12.6 Å². The zero-order valence-corrected chi connectivity index (χ0v) is 17.4. The first-order chi connectivity index (χ1) is 11.3. The molecule has 6 heteroatoms. The van der Waals surface area contributed by atoms with E-state index in [1.54, 1.807) is 0 Å². The van der Waals surface area contributed by atoms with Gasteiger partial charge in [-0.3, -0.25) is 0 Å². The summed E-state index contributed by atoms with van der Waals surface area (Å²) in [5.41, 5.74) is 1.23. The van der Waals surface area contributed by atoms with Crippen LogP contribution in [0.15, 0.2) is 23.5 Å². The molecule has 1 aromatic rings. The van der Waals surface area contributed by atoms with Gasteiger partial charge in [-0.15, -0.1) is 24.0 Å². The molecule has 0 radical (unpaired) electrons. The van der Waals surface area contributed by atoms with Gasteiger partial charge in [0.2, 0.25) is 0 Å². The molecule has 138 valence electrons. The van der Waals surface area contributed by atoms with E-state index in [9.17, 15) is 0 Å². The van der Waals surface area contributed by atoms with Crippen molar-refractivity contribution in [3.8, 4) is 0 Å². The molecule has 0 saturated heterocycles. The Labute approximate surface area is 163 Å². The van der Waals surface area contributed by atoms with Crippen molar-refractivity contribution in [1.29, 1.82) is 0 Å². The number of aryl methyl sites for hydroxylation is 1. The Morgan fingerprint density at radius 1 is 1.29 bits per heavy atom. The second kappa shape index (κ2) is 12.6. The summed E-state index contributed by atoms with van der Waals surface area (Å²) in [6.07, 6.45) is 12.2. The smallest absolute Gasteiger partial charge is 0.191 e. The van der Waals surface area contributed by atoms with Crippen molar-refractivity contribution in [2.75, 3.05) is 19.7 Å². The normalized spacial score (nSPS) is 15.8. The predicted octanol–water partition coefficient (Wildman–Crippen LogP) is 3.44. The first kappa shape index (κ1) is 21.3. The lowest BCUT2D eigenvalue weighted by Crippen LogP contribution is -2.38. The molecule has 0 aliphatic heterocycles. The van der Waals surface area contributed by atoms with Crippen molar-refractivity contribution >= 4 is 29.9 Å². The molecule has 0 amide bonds. The predicted molar refractivity (Wildman–Crippen MR) is 111 cm³/mol. The van der Waals surface area contributed by atoms with E-state index in [1.807, 2.05) is 17.8 Å². The van der Waals surface area contributed by atoms with Gasteiger partial charge >= 0.3 is 0 Å². The van der Waals surface area contributed by atoms with Crippen molar-refractivity contribution < 1.29 is 4.74 Å². The van der Waals surface area contributed by atoms with Crippen LogP contribution in [0.2, 0.25) is 0 Å². The summed E-state index contributed by atoms with van der Waals surface area (Å²) in [5, 5.41) is 6.68. The summed E-state index contributed by atoms with van der Waals surface area (Å²) in [7, 11) is 2.03. The molecule has 1 heterocycles. The number of halogens is 1. The molecule has 0 atom stereocenters. The molecule has 0 unspecified atom stereocenters. The Kier molecular flexibility index (Phi) is 11.2.